The lowest BCUT2D eigenvalue weighted by Crippen LogP contribution is -3.11. The maximum Gasteiger partial charge on any atom is 0.295 e. The summed E-state index contributed by atoms with van der Waals surface area (Å²) in [5.41, 5.74) is 0.367. The van der Waals surface area contributed by atoms with Gasteiger partial charge in [0.05, 0.1) is 30.6 Å². The van der Waals surface area contributed by atoms with Crippen molar-refractivity contribution in [2.24, 2.45) is 0 Å². The Morgan fingerprint density at radius 2 is 1.75 bits per heavy atom. The maximum atomic E-state index is 13.3. The van der Waals surface area contributed by atoms with Gasteiger partial charge in [-0.05, 0) is 25.0 Å². The van der Waals surface area contributed by atoms with E-state index in [0.29, 0.717) is 17.5 Å². The van der Waals surface area contributed by atoms with Gasteiger partial charge in [0.25, 0.3) is 11.6 Å². The van der Waals surface area contributed by atoms with E-state index in [4.69, 9.17) is 0 Å². The van der Waals surface area contributed by atoms with Crippen molar-refractivity contribution in [3.8, 4) is 0 Å². The van der Waals surface area contributed by atoms with Gasteiger partial charge in [-0.25, -0.2) is 0 Å². The minimum atomic E-state index is -0.950. The van der Waals surface area contributed by atoms with E-state index >= 15 is 0 Å². The van der Waals surface area contributed by atoms with Gasteiger partial charge in [-0.15, -0.1) is 0 Å². The third-order valence-corrected chi connectivity index (χ3v) is 5.89. The summed E-state index contributed by atoms with van der Waals surface area (Å²) >= 11 is 0. The molecule has 1 unspecified atom stereocenters. The average Bonchev–Trinajstić information content (AvgIpc) is 3.07. The Labute approximate surface area is 186 Å². The number of quaternary nitrogens is 1. The van der Waals surface area contributed by atoms with Crippen LogP contribution in [0.4, 0.5) is 5.69 Å². The Hall–Kier alpha value is -3.52. The molecule has 1 heterocycles. The number of carbonyl (C=O) groups excluding carboxylic acids is 2. The van der Waals surface area contributed by atoms with E-state index in [1.807, 2.05) is 0 Å². The van der Waals surface area contributed by atoms with Crippen LogP contribution in [0.2, 0.25) is 0 Å². The highest BCUT2D eigenvalue weighted by molar-refractivity contribution is 6.46. The molecule has 8 nitrogen and oxygen atoms in total. The Balaban J connectivity index is 2.06. The molecule has 3 rings (SSSR count). The molecule has 1 amide bonds. The van der Waals surface area contributed by atoms with Gasteiger partial charge in [-0.1, -0.05) is 48.2 Å². The third-order valence-electron chi connectivity index (χ3n) is 5.89. The third kappa shape index (κ3) is 4.70. The van der Waals surface area contributed by atoms with Crippen molar-refractivity contribution < 1.29 is 24.5 Å². The Morgan fingerprint density at radius 1 is 1.06 bits per heavy atom. The van der Waals surface area contributed by atoms with E-state index in [2.05, 4.69) is 13.8 Å². The van der Waals surface area contributed by atoms with Crippen LogP contribution in [-0.4, -0.2) is 47.7 Å². The average molecular weight is 437 g/mol. The van der Waals surface area contributed by atoms with Crippen LogP contribution in [0.25, 0.3) is 5.76 Å². The molecular formula is C24H27N3O5. The van der Waals surface area contributed by atoms with Gasteiger partial charge in [0, 0.05) is 30.7 Å². The second kappa shape index (κ2) is 10.2. The SMILES string of the molecule is CC[NH+](CC)CCCN1C(=O)C(=O)C(=C([O-])c2ccccc2)C1c1cccc([N+](=O)[O-])c1. The highest BCUT2D eigenvalue weighted by atomic mass is 16.6. The first kappa shape index (κ1) is 23.1. The first-order valence-corrected chi connectivity index (χ1v) is 10.8. The number of benzene rings is 2. The van der Waals surface area contributed by atoms with Gasteiger partial charge in [-0.3, -0.25) is 19.7 Å². The van der Waals surface area contributed by atoms with Crippen LogP contribution in [0.1, 0.15) is 37.4 Å². The van der Waals surface area contributed by atoms with E-state index in [0.717, 1.165) is 19.6 Å². The summed E-state index contributed by atoms with van der Waals surface area (Å²) in [7, 11) is 0. The van der Waals surface area contributed by atoms with Crippen LogP contribution in [0, 0.1) is 10.1 Å². The van der Waals surface area contributed by atoms with Crippen molar-refractivity contribution in [1.29, 1.82) is 0 Å². The van der Waals surface area contributed by atoms with Crippen molar-refractivity contribution in [2.45, 2.75) is 26.3 Å². The lowest BCUT2D eigenvalue weighted by molar-refractivity contribution is -0.896. The maximum absolute atomic E-state index is 13.3. The smallest absolute Gasteiger partial charge is 0.295 e. The van der Waals surface area contributed by atoms with E-state index < -0.39 is 28.4 Å². The number of ketones is 1. The molecular weight excluding hydrogens is 410 g/mol. The predicted octanol–water partition coefficient (Wildman–Crippen LogP) is 1.13. The van der Waals surface area contributed by atoms with Crippen LogP contribution in [0.15, 0.2) is 60.2 Å². The molecule has 2 aromatic rings. The van der Waals surface area contributed by atoms with Crippen LogP contribution in [0.5, 0.6) is 0 Å². The number of nitrogens with zero attached hydrogens (tertiary/aromatic N) is 2. The molecule has 1 fully saturated rings. The quantitative estimate of drug-likeness (QED) is 0.208. The summed E-state index contributed by atoms with van der Waals surface area (Å²) in [5.74, 6) is -2.11. The van der Waals surface area contributed by atoms with E-state index in [1.165, 1.54) is 28.0 Å². The molecule has 1 atom stereocenters. The summed E-state index contributed by atoms with van der Waals surface area (Å²) in [6.07, 6.45) is 0.647. The Bertz CT molecular complexity index is 1030. The number of amides is 1. The number of non-ortho nitro benzene ring substituents is 1. The Morgan fingerprint density at radius 3 is 2.38 bits per heavy atom. The summed E-state index contributed by atoms with van der Waals surface area (Å²) in [5, 5.41) is 24.6. The topological polar surface area (TPSA) is 108 Å². The summed E-state index contributed by atoms with van der Waals surface area (Å²) in [6, 6.07) is 13.1. The number of nitrogens with one attached hydrogen (secondary N) is 1. The van der Waals surface area contributed by atoms with Crippen molar-refractivity contribution in [3.05, 3.63) is 81.4 Å². The van der Waals surface area contributed by atoms with Gasteiger partial charge >= 0.3 is 0 Å². The molecule has 8 heteroatoms. The number of rotatable bonds is 9. The number of hydrogen-bond donors (Lipinski definition) is 1. The fourth-order valence-corrected chi connectivity index (χ4v) is 4.10. The summed E-state index contributed by atoms with van der Waals surface area (Å²) < 4.78 is 0. The zero-order valence-electron chi connectivity index (χ0n) is 18.2. The molecule has 2 aromatic carbocycles. The highest BCUT2D eigenvalue weighted by Gasteiger charge is 2.44. The fourth-order valence-electron chi connectivity index (χ4n) is 4.10. The van der Waals surface area contributed by atoms with Crippen molar-refractivity contribution in [1.82, 2.24) is 4.90 Å². The van der Waals surface area contributed by atoms with Crippen LogP contribution < -0.4 is 10.0 Å². The molecule has 32 heavy (non-hydrogen) atoms. The van der Waals surface area contributed by atoms with Crippen molar-refractivity contribution in [2.75, 3.05) is 26.2 Å². The number of hydrogen-bond acceptors (Lipinski definition) is 5. The normalized spacial score (nSPS) is 17.8. The zero-order valence-corrected chi connectivity index (χ0v) is 18.2. The summed E-state index contributed by atoms with van der Waals surface area (Å²) in [4.78, 5) is 39.4. The molecule has 1 aliphatic heterocycles. The van der Waals surface area contributed by atoms with Gasteiger partial charge < -0.3 is 14.9 Å². The standard InChI is InChI=1S/C24H27N3O5/c1-3-25(4-2)14-9-15-26-21(18-12-8-13-19(16-18)27(31)32)20(23(29)24(26)30)22(28)17-10-6-5-7-11-17/h5-8,10-13,16,21,28H,3-4,9,14-15H2,1-2H3. The molecule has 1 N–H and O–H groups in total. The van der Waals surface area contributed by atoms with Crippen molar-refractivity contribution in [3.63, 3.8) is 0 Å². The van der Waals surface area contributed by atoms with Gasteiger partial charge in [-0.2, -0.15) is 0 Å². The summed E-state index contributed by atoms with van der Waals surface area (Å²) in [6.45, 7) is 7.16. The molecule has 0 aromatic heterocycles. The van der Waals surface area contributed by atoms with Gasteiger partial charge in [0.15, 0.2) is 0 Å². The lowest BCUT2D eigenvalue weighted by atomic mass is 9.95. The number of carbonyl (C=O) groups is 2. The first-order valence-electron chi connectivity index (χ1n) is 10.8. The largest absolute Gasteiger partial charge is 0.872 e. The number of nitro groups is 1. The first-order chi connectivity index (χ1) is 15.4. The van der Waals surface area contributed by atoms with E-state index in [-0.39, 0.29) is 17.8 Å². The highest BCUT2D eigenvalue weighted by Crippen LogP contribution is 2.39. The molecule has 0 bridgehead atoms. The molecule has 168 valence electrons. The number of likely N-dealkylation sites (tertiary alicyclic amines) is 1. The lowest BCUT2D eigenvalue weighted by Gasteiger charge is -2.28. The van der Waals surface area contributed by atoms with Crippen LogP contribution in [0.3, 0.4) is 0 Å². The monoisotopic (exact) mass is 437 g/mol. The predicted molar refractivity (Wildman–Crippen MR) is 117 cm³/mol. The minimum Gasteiger partial charge on any atom is -0.872 e. The van der Waals surface area contributed by atoms with Gasteiger partial charge in [0.1, 0.15) is 0 Å². The van der Waals surface area contributed by atoms with Crippen LogP contribution >= 0.6 is 0 Å². The van der Waals surface area contributed by atoms with Crippen molar-refractivity contribution >= 4 is 23.1 Å². The number of Topliss-reactive ketones (excluding diaryl/α,β-unsaturated/α-hetero) is 1. The second-order valence-electron chi connectivity index (χ2n) is 7.75. The molecule has 0 aliphatic carbocycles. The Kier molecular flexibility index (Phi) is 7.37. The molecule has 1 aliphatic rings. The second-order valence-corrected chi connectivity index (χ2v) is 7.75. The number of nitro benzene ring substituents is 1. The molecule has 1 saturated heterocycles. The fraction of sp³-hybridized carbons (Fsp3) is 0.333. The minimum absolute atomic E-state index is 0.156. The van der Waals surface area contributed by atoms with E-state index in [1.54, 1.807) is 36.4 Å². The van der Waals surface area contributed by atoms with E-state index in [9.17, 15) is 24.8 Å². The van der Waals surface area contributed by atoms with Crippen LogP contribution in [-0.2, 0) is 9.59 Å². The zero-order chi connectivity index (χ0) is 23.3. The molecule has 0 saturated carbocycles. The van der Waals surface area contributed by atoms with Gasteiger partial charge in [0.2, 0.25) is 5.78 Å². The molecule has 0 radical (unpaired) electrons. The molecule has 0 spiro atoms.